The van der Waals surface area contributed by atoms with Crippen molar-refractivity contribution in [3.05, 3.63) is 17.5 Å². The summed E-state index contributed by atoms with van der Waals surface area (Å²) in [4.78, 5) is 11.8. The van der Waals surface area contributed by atoms with E-state index in [1.165, 1.54) is 0 Å². The molecule has 4 heteroatoms. The number of ether oxygens (including phenoxy) is 1. The first-order valence-electron chi connectivity index (χ1n) is 5.90. The normalized spacial score (nSPS) is 10.7. The van der Waals surface area contributed by atoms with Gasteiger partial charge in [-0.3, -0.25) is 9.48 Å². The molecule has 0 amide bonds. The Morgan fingerprint density at radius 1 is 1.44 bits per heavy atom. The molecule has 0 bridgehead atoms. The van der Waals surface area contributed by atoms with E-state index in [1.54, 1.807) is 4.68 Å². The van der Waals surface area contributed by atoms with Gasteiger partial charge in [0.15, 0.2) is 0 Å². The van der Waals surface area contributed by atoms with Gasteiger partial charge in [-0.05, 0) is 25.8 Å². The first-order valence-corrected chi connectivity index (χ1v) is 5.90. The maximum atomic E-state index is 11.8. The molecule has 1 aromatic rings. The Morgan fingerprint density at radius 2 is 2.19 bits per heavy atom. The SMILES string of the molecule is CCCOCC(=O)c1cc(CC)nn1CC. The minimum absolute atomic E-state index is 0.0162. The zero-order valence-electron chi connectivity index (χ0n) is 10.3. The number of hydrogen-bond acceptors (Lipinski definition) is 3. The minimum atomic E-state index is 0.0162. The zero-order chi connectivity index (χ0) is 12.0. The molecule has 0 aliphatic carbocycles. The highest BCUT2D eigenvalue weighted by molar-refractivity contribution is 5.95. The molecule has 0 aliphatic rings. The van der Waals surface area contributed by atoms with Crippen LogP contribution in [0.5, 0.6) is 0 Å². The maximum Gasteiger partial charge on any atom is 0.206 e. The summed E-state index contributed by atoms with van der Waals surface area (Å²) < 4.78 is 7.00. The van der Waals surface area contributed by atoms with Crippen LogP contribution in [0, 0.1) is 0 Å². The second kappa shape index (κ2) is 6.43. The van der Waals surface area contributed by atoms with Crippen LogP contribution < -0.4 is 0 Å². The first kappa shape index (κ1) is 12.9. The Balaban J connectivity index is 2.69. The van der Waals surface area contributed by atoms with Crippen molar-refractivity contribution in [3.63, 3.8) is 0 Å². The molecule has 90 valence electrons. The van der Waals surface area contributed by atoms with E-state index in [-0.39, 0.29) is 12.4 Å². The van der Waals surface area contributed by atoms with Crippen LogP contribution in [0.1, 0.15) is 43.4 Å². The monoisotopic (exact) mass is 224 g/mol. The molecular formula is C12H20N2O2. The maximum absolute atomic E-state index is 11.8. The van der Waals surface area contributed by atoms with Crippen LogP contribution in [-0.4, -0.2) is 28.8 Å². The predicted molar refractivity (Wildman–Crippen MR) is 62.7 cm³/mol. The molecule has 0 saturated carbocycles. The van der Waals surface area contributed by atoms with E-state index in [1.807, 2.05) is 26.8 Å². The average Bonchev–Trinajstić information content (AvgIpc) is 2.72. The van der Waals surface area contributed by atoms with Crippen LogP contribution >= 0.6 is 0 Å². The Hall–Kier alpha value is -1.16. The van der Waals surface area contributed by atoms with Crippen molar-refractivity contribution in [3.8, 4) is 0 Å². The summed E-state index contributed by atoms with van der Waals surface area (Å²) in [5.74, 6) is 0.0162. The van der Waals surface area contributed by atoms with Crippen molar-refractivity contribution in [1.82, 2.24) is 9.78 Å². The van der Waals surface area contributed by atoms with Crippen molar-refractivity contribution in [2.75, 3.05) is 13.2 Å². The van der Waals surface area contributed by atoms with Crippen LogP contribution in [0.2, 0.25) is 0 Å². The molecule has 0 unspecified atom stereocenters. The standard InChI is InChI=1S/C12H20N2O2/c1-4-7-16-9-12(15)11-8-10(5-2)13-14(11)6-3/h8H,4-7,9H2,1-3H3. The average molecular weight is 224 g/mol. The van der Waals surface area contributed by atoms with Crippen molar-refractivity contribution in [2.24, 2.45) is 0 Å². The second-order valence-corrected chi connectivity index (χ2v) is 3.67. The second-order valence-electron chi connectivity index (χ2n) is 3.67. The minimum Gasteiger partial charge on any atom is -0.373 e. The highest BCUT2D eigenvalue weighted by Gasteiger charge is 2.13. The number of carbonyl (C=O) groups is 1. The van der Waals surface area contributed by atoms with E-state index >= 15 is 0 Å². The molecule has 0 aliphatic heterocycles. The first-order chi connectivity index (χ1) is 7.72. The molecule has 0 saturated heterocycles. The number of aromatic nitrogens is 2. The van der Waals surface area contributed by atoms with Gasteiger partial charge >= 0.3 is 0 Å². The third-order valence-electron chi connectivity index (χ3n) is 2.36. The molecule has 0 spiro atoms. The molecule has 0 radical (unpaired) electrons. The number of Topliss-reactive ketones (excluding diaryl/α,β-unsaturated/α-hetero) is 1. The van der Waals surface area contributed by atoms with Crippen LogP contribution in [0.25, 0.3) is 0 Å². The molecule has 16 heavy (non-hydrogen) atoms. The van der Waals surface area contributed by atoms with Gasteiger partial charge in [-0.25, -0.2) is 0 Å². The summed E-state index contributed by atoms with van der Waals surface area (Å²) in [5, 5.41) is 4.34. The van der Waals surface area contributed by atoms with E-state index in [0.717, 1.165) is 25.1 Å². The van der Waals surface area contributed by atoms with Gasteiger partial charge in [0.25, 0.3) is 0 Å². The Kier molecular flexibility index (Phi) is 5.19. The van der Waals surface area contributed by atoms with Gasteiger partial charge in [-0.2, -0.15) is 5.10 Å². The molecule has 1 rings (SSSR count). The lowest BCUT2D eigenvalue weighted by Gasteiger charge is -2.03. The van der Waals surface area contributed by atoms with Crippen LogP contribution in [0.4, 0.5) is 0 Å². The molecule has 0 aromatic carbocycles. The van der Waals surface area contributed by atoms with Crippen LogP contribution in [0.15, 0.2) is 6.07 Å². The topological polar surface area (TPSA) is 44.1 Å². The largest absolute Gasteiger partial charge is 0.373 e. The van der Waals surface area contributed by atoms with E-state index in [4.69, 9.17) is 4.74 Å². The van der Waals surface area contributed by atoms with Crippen LogP contribution in [0.3, 0.4) is 0 Å². The zero-order valence-corrected chi connectivity index (χ0v) is 10.3. The van der Waals surface area contributed by atoms with Gasteiger partial charge < -0.3 is 4.74 Å². The number of aryl methyl sites for hydroxylation is 2. The Labute approximate surface area is 96.6 Å². The summed E-state index contributed by atoms with van der Waals surface area (Å²) in [6.07, 6.45) is 1.78. The Bertz CT molecular complexity index is 345. The van der Waals surface area contributed by atoms with Gasteiger partial charge in [0.2, 0.25) is 5.78 Å². The fraction of sp³-hybridized carbons (Fsp3) is 0.667. The third kappa shape index (κ3) is 3.17. The van der Waals surface area contributed by atoms with Crippen molar-refractivity contribution in [2.45, 2.75) is 40.2 Å². The van der Waals surface area contributed by atoms with Gasteiger partial charge in [0.1, 0.15) is 12.3 Å². The fourth-order valence-electron chi connectivity index (χ4n) is 1.49. The summed E-state index contributed by atoms with van der Waals surface area (Å²) >= 11 is 0. The molecule has 4 nitrogen and oxygen atoms in total. The molecule has 1 heterocycles. The van der Waals surface area contributed by atoms with Crippen LogP contribution in [-0.2, 0) is 17.7 Å². The number of hydrogen-bond donors (Lipinski definition) is 0. The van der Waals surface area contributed by atoms with Crippen molar-refractivity contribution < 1.29 is 9.53 Å². The van der Waals surface area contributed by atoms with Gasteiger partial charge in [-0.15, -0.1) is 0 Å². The van der Waals surface area contributed by atoms with E-state index in [0.29, 0.717) is 12.3 Å². The number of carbonyl (C=O) groups excluding carboxylic acids is 1. The summed E-state index contributed by atoms with van der Waals surface area (Å²) in [6.45, 7) is 7.54. The van der Waals surface area contributed by atoms with Gasteiger partial charge in [0, 0.05) is 13.2 Å². The number of rotatable bonds is 7. The van der Waals surface area contributed by atoms with E-state index in [2.05, 4.69) is 5.10 Å². The summed E-state index contributed by atoms with van der Waals surface area (Å²) in [6, 6.07) is 1.86. The lowest BCUT2D eigenvalue weighted by Crippen LogP contribution is -2.15. The number of nitrogens with zero attached hydrogens (tertiary/aromatic N) is 2. The summed E-state index contributed by atoms with van der Waals surface area (Å²) in [7, 11) is 0. The quantitative estimate of drug-likeness (QED) is 0.526. The molecular weight excluding hydrogens is 204 g/mol. The Morgan fingerprint density at radius 3 is 2.75 bits per heavy atom. The van der Waals surface area contributed by atoms with Gasteiger partial charge in [0.05, 0.1) is 5.69 Å². The van der Waals surface area contributed by atoms with E-state index < -0.39 is 0 Å². The lowest BCUT2D eigenvalue weighted by molar-refractivity contribution is 0.0751. The smallest absolute Gasteiger partial charge is 0.206 e. The fourth-order valence-corrected chi connectivity index (χ4v) is 1.49. The molecule has 0 N–H and O–H groups in total. The molecule has 0 fully saturated rings. The molecule has 0 atom stereocenters. The van der Waals surface area contributed by atoms with Crippen molar-refractivity contribution in [1.29, 1.82) is 0 Å². The van der Waals surface area contributed by atoms with Gasteiger partial charge in [-0.1, -0.05) is 13.8 Å². The van der Waals surface area contributed by atoms with Crippen molar-refractivity contribution >= 4 is 5.78 Å². The highest BCUT2D eigenvalue weighted by atomic mass is 16.5. The third-order valence-corrected chi connectivity index (χ3v) is 2.36. The number of ketones is 1. The summed E-state index contributed by atoms with van der Waals surface area (Å²) in [5.41, 5.74) is 1.62. The highest BCUT2D eigenvalue weighted by Crippen LogP contribution is 2.07. The molecule has 1 aromatic heterocycles. The predicted octanol–water partition coefficient (Wildman–Crippen LogP) is 2.07. The van der Waals surface area contributed by atoms with E-state index in [9.17, 15) is 4.79 Å². The lowest BCUT2D eigenvalue weighted by atomic mass is 10.2.